The number of rotatable bonds is 4. The molecule has 1 aliphatic heterocycles. The molecule has 0 spiro atoms. The molecule has 0 aromatic heterocycles. The fraction of sp³-hybridized carbons (Fsp3) is 0.500. The standard InChI is InChI=1S/C12H16ClNO2/c13-12-4-2-1-3-10(12)8-15-9-11-7-14-5-6-16-11/h1-4,11,14H,5-9H2. The summed E-state index contributed by atoms with van der Waals surface area (Å²) < 4.78 is 11.1. The molecule has 16 heavy (non-hydrogen) atoms. The highest BCUT2D eigenvalue weighted by Gasteiger charge is 2.13. The molecule has 1 aromatic rings. The molecule has 1 heterocycles. The summed E-state index contributed by atoms with van der Waals surface area (Å²) >= 11 is 6.02. The highest BCUT2D eigenvalue weighted by atomic mass is 35.5. The number of hydrogen-bond donors (Lipinski definition) is 1. The van der Waals surface area contributed by atoms with Crippen molar-refractivity contribution in [3.8, 4) is 0 Å². The molecule has 3 nitrogen and oxygen atoms in total. The zero-order valence-corrected chi connectivity index (χ0v) is 9.87. The van der Waals surface area contributed by atoms with Crippen molar-refractivity contribution < 1.29 is 9.47 Å². The second-order valence-corrected chi connectivity index (χ2v) is 4.21. The van der Waals surface area contributed by atoms with Crippen LogP contribution >= 0.6 is 11.6 Å². The van der Waals surface area contributed by atoms with Crippen LogP contribution in [0.15, 0.2) is 24.3 Å². The van der Waals surface area contributed by atoms with Gasteiger partial charge in [-0.25, -0.2) is 0 Å². The van der Waals surface area contributed by atoms with Gasteiger partial charge < -0.3 is 14.8 Å². The summed E-state index contributed by atoms with van der Waals surface area (Å²) in [6.07, 6.45) is 0.163. The molecule has 0 aliphatic carbocycles. The van der Waals surface area contributed by atoms with E-state index >= 15 is 0 Å². The van der Waals surface area contributed by atoms with Gasteiger partial charge in [-0.1, -0.05) is 29.8 Å². The third-order valence-corrected chi connectivity index (χ3v) is 2.89. The number of hydrogen-bond acceptors (Lipinski definition) is 3. The van der Waals surface area contributed by atoms with Crippen molar-refractivity contribution in [2.75, 3.05) is 26.3 Å². The van der Waals surface area contributed by atoms with Gasteiger partial charge in [-0.2, -0.15) is 0 Å². The van der Waals surface area contributed by atoms with Crippen LogP contribution in [-0.2, 0) is 16.1 Å². The first-order valence-electron chi connectivity index (χ1n) is 5.50. The Balaban J connectivity index is 1.73. The smallest absolute Gasteiger partial charge is 0.0933 e. The van der Waals surface area contributed by atoms with E-state index in [9.17, 15) is 0 Å². The number of ether oxygens (including phenoxy) is 2. The van der Waals surface area contributed by atoms with Gasteiger partial charge in [-0.15, -0.1) is 0 Å². The van der Waals surface area contributed by atoms with Crippen molar-refractivity contribution in [2.24, 2.45) is 0 Å². The maximum absolute atomic E-state index is 6.02. The van der Waals surface area contributed by atoms with Crippen molar-refractivity contribution in [3.05, 3.63) is 34.9 Å². The van der Waals surface area contributed by atoms with Crippen LogP contribution in [0.2, 0.25) is 5.02 Å². The maximum atomic E-state index is 6.02. The van der Waals surface area contributed by atoms with E-state index in [1.807, 2.05) is 24.3 Å². The fourth-order valence-corrected chi connectivity index (χ4v) is 1.83. The van der Waals surface area contributed by atoms with Crippen molar-refractivity contribution >= 4 is 11.6 Å². The van der Waals surface area contributed by atoms with E-state index in [4.69, 9.17) is 21.1 Å². The monoisotopic (exact) mass is 241 g/mol. The maximum Gasteiger partial charge on any atom is 0.0933 e. The largest absolute Gasteiger partial charge is 0.374 e. The lowest BCUT2D eigenvalue weighted by molar-refractivity contribution is -0.0357. The van der Waals surface area contributed by atoms with Gasteiger partial charge in [0, 0.05) is 18.1 Å². The van der Waals surface area contributed by atoms with E-state index in [0.717, 1.165) is 30.3 Å². The summed E-state index contributed by atoms with van der Waals surface area (Å²) in [5.41, 5.74) is 1.02. The molecule has 1 aliphatic rings. The van der Waals surface area contributed by atoms with Gasteiger partial charge in [0.05, 0.1) is 25.9 Å². The third-order valence-electron chi connectivity index (χ3n) is 2.52. The minimum absolute atomic E-state index is 0.163. The predicted molar refractivity (Wildman–Crippen MR) is 63.7 cm³/mol. The van der Waals surface area contributed by atoms with E-state index in [2.05, 4.69) is 5.32 Å². The lowest BCUT2D eigenvalue weighted by Gasteiger charge is -2.23. The zero-order valence-electron chi connectivity index (χ0n) is 9.12. The van der Waals surface area contributed by atoms with Crippen LogP contribution in [0.5, 0.6) is 0 Å². The molecule has 1 aromatic carbocycles. The van der Waals surface area contributed by atoms with Crippen molar-refractivity contribution in [1.82, 2.24) is 5.32 Å². The average molecular weight is 242 g/mol. The predicted octanol–water partition coefficient (Wildman–Crippen LogP) is 1.84. The van der Waals surface area contributed by atoms with Crippen molar-refractivity contribution in [2.45, 2.75) is 12.7 Å². The van der Waals surface area contributed by atoms with Gasteiger partial charge in [0.1, 0.15) is 0 Å². The van der Waals surface area contributed by atoms with E-state index in [-0.39, 0.29) is 6.10 Å². The molecule has 0 amide bonds. The lowest BCUT2D eigenvalue weighted by atomic mass is 10.2. The van der Waals surface area contributed by atoms with Crippen molar-refractivity contribution in [1.29, 1.82) is 0 Å². The Morgan fingerprint density at radius 2 is 2.31 bits per heavy atom. The van der Waals surface area contributed by atoms with Gasteiger partial charge in [0.2, 0.25) is 0 Å². The lowest BCUT2D eigenvalue weighted by Crippen LogP contribution is -2.40. The second kappa shape index (κ2) is 6.21. The highest BCUT2D eigenvalue weighted by molar-refractivity contribution is 6.31. The molecule has 0 bridgehead atoms. The minimum Gasteiger partial charge on any atom is -0.374 e. The van der Waals surface area contributed by atoms with Gasteiger partial charge in [-0.05, 0) is 11.6 Å². The quantitative estimate of drug-likeness (QED) is 0.873. The van der Waals surface area contributed by atoms with Gasteiger partial charge >= 0.3 is 0 Å². The minimum atomic E-state index is 0.163. The van der Waals surface area contributed by atoms with Crippen LogP contribution in [0.3, 0.4) is 0 Å². The molecular formula is C12H16ClNO2. The topological polar surface area (TPSA) is 30.5 Å². The van der Waals surface area contributed by atoms with Crippen LogP contribution in [0, 0.1) is 0 Å². The molecule has 1 unspecified atom stereocenters. The summed E-state index contributed by atoms with van der Waals surface area (Å²) in [7, 11) is 0. The fourth-order valence-electron chi connectivity index (χ4n) is 1.64. The van der Waals surface area contributed by atoms with Gasteiger partial charge in [0.15, 0.2) is 0 Å². The van der Waals surface area contributed by atoms with E-state index < -0.39 is 0 Å². The summed E-state index contributed by atoms with van der Waals surface area (Å²) in [5, 5.41) is 4.02. The van der Waals surface area contributed by atoms with Crippen LogP contribution < -0.4 is 5.32 Å². The van der Waals surface area contributed by atoms with Crippen LogP contribution in [0.1, 0.15) is 5.56 Å². The molecule has 0 saturated carbocycles. The SMILES string of the molecule is Clc1ccccc1COCC1CNCCO1. The first-order chi connectivity index (χ1) is 7.86. The molecule has 2 rings (SSSR count). The first-order valence-corrected chi connectivity index (χ1v) is 5.87. The van der Waals surface area contributed by atoms with Crippen LogP contribution in [-0.4, -0.2) is 32.4 Å². The van der Waals surface area contributed by atoms with E-state index in [1.54, 1.807) is 0 Å². The number of halogens is 1. The van der Waals surface area contributed by atoms with Gasteiger partial charge in [0.25, 0.3) is 0 Å². The molecule has 4 heteroatoms. The summed E-state index contributed by atoms with van der Waals surface area (Å²) in [6, 6.07) is 7.73. The number of nitrogens with one attached hydrogen (secondary N) is 1. The number of benzene rings is 1. The Morgan fingerprint density at radius 3 is 3.06 bits per heavy atom. The Labute approximate surface area is 101 Å². The van der Waals surface area contributed by atoms with E-state index in [0.29, 0.717) is 13.2 Å². The Morgan fingerprint density at radius 1 is 1.44 bits per heavy atom. The van der Waals surface area contributed by atoms with Crippen LogP contribution in [0.4, 0.5) is 0 Å². The molecular weight excluding hydrogens is 226 g/mol. The molecule has 1 saturated heterocycles. The Hall–Kier alpha value is -0.610. The average Bonchev–Trinajstić information content (AvgIpc) is 2.33. The molecule has 1 N–H and O–H groups in total. The number of morpholine rings is 1. The first kappa shape index (κ1) is 11.9. The third kappa shape index (κ3) is 3.46. The Kier molecular flexibility index (Phi) is 4.60. The van der Waals surface area contributed by atoms with E-state index in [1.165, 1.54) is 0 Å². The normalized spacial score (nSPS) is 20.9. The highest BCUT2D eigenvalue weighted by Crippen LogP contribution is 2.15. The summed E-state index contributed by atoms with van der Waals surface area (Å²) in [4.78, 5) is 0. The molecule has 1 fully saturated rings. The van der Waals surface area contributed by atoms with Gasteiger partial charge in [-0.3, -0.25) is 0 Å². The Bertz CT molecular complexity index is 327. The van der Waals surface area contributed by atoms with Crippen LogP contribution in [0.25, 0.3) is 0 Å². The van der Waals surface area contributed by atoms with Crippen molar-refractivity contribution in [3.63, 3.8) is 0 Å². The molecule has 0 radical (unpaired) electrons. The summed E-state index contributed by atoms with van der Waals surface area (Å²) in [6.45, 7) is 3.71. The zero-order chi connectivity index (χ0) is 11.2. The molecule has 88 valence electrons. The summed E-state index contributed by atoms with van der Waals surface area (Å²) in [5.74, 6) is 0. The molecule has 1 atom stereocenters. The second-order valence-electron chi connectivity index (χ2n) is 3.80.